The number of rotatable bonds is 5. The van der Waals surface area contributed by atoms with Crippen molar-refractivity contribution in [2.75, 3.05) is 18.1 Å². The highest BCUT2D eigenvalue weighted by atomic mass is 32.1. The molecule has 26 heavy (non-hydrogen) atoms. The second kappa shape index (κ2) is 6.96. The molecule has 0 radical (unpaired) electrons. The first-order chi connectivity index (χ1) is 12.7. The molecule has 0 saturated heterocycles. The summed E-state index contributed by atoms with van der Waals surface area (Å²) in [5.41, 5.74) is 1.36. The number of carbonyl (C=O) groups excluding carboxylic acids is 2. The molecule has 3 aromatic rings. The number of hydrogen-bond donors (Lipinski definition) is 0. The third-order valence-electron chi connectivity index (χ3n) is 3.69. The van der Waals surface area contributed by atoms with Gasteiger partial charge in [-0.1, -0.05) is 17.3 Å². The number of benzene rings is 1. The minimum Gasteiger partial charge on any atom is -0.482 e. The van der Waals surface area contributed by atoms with Crippen LogP contribution in [0.1, 0.15) is 5.82 Å². The van der Waals surface area contributed by atoms with Crippen molar-refractivity contribution in [3.63, 3.8) is 0 Å². The number of nitrogens with zero attached hydrogens (tertiary/aromatic N) is 3. The third-order valence-corrected chi connectivity index (χ3v) is 4.38. The second-order valence-electron chi connectivity index (χ2n) is 5.42. The molecule has 1 aliphatic heterocycles. The van der Waals surface area contributed by atoms with Crippen molar-refractivity contribution in [2.24, 2.45) is 0 Å². The molecule has 2 aromatic heterocycles. The van der Waals surface area contributed by atoms with Crippen LogP contribution in [0.15, 0.2) is 45.6 Å². The Labute approximate surface area is 151 Å². The summed E-state index contributed by atoms with van der Waals surface area (Å²) in [6.07, 6.45) is 0. The minimum absolute atomic E-state index is 0.112. The Balaban J connectivity index is 1.38. The van der Waals surface area contributed by atoms with Gasteiger partial charge in [0.1, 0.15) is 12.3 Å². The van der Waals surface area contributed by atoms with Gasteiger partial charge in [-0.25, -0.2) is 0 Å². The van der Waals surface area contributed by atoms with E-state index >= 15 is 0 Å². The highest BCUT2D eigenvalue weighted by Crippen LogP contribution is 2.31. The number of aromatic nitrogens is 2. The molecule has 4 rings (SSSR count). The zero-order chi connectivity index (χ0) is 17.9. The van der Waals surface area contributed by atoms with Crippen LogP contribution in [0.4, 0.5) is 5.69 Å². The van der Waals surface area contributed by atoms with E-state index in [2.05, 4.69) is 10.1 Å². The van der Waals surface area contributed by atoms with Crippen LogP contribution < -0.4 is 9.64 Å². The third kappa shape index (κ3) is 3.29. The number of fused-ring (bicyclic) bond motifs is 1. The number of anilines is 1. The van der Waals surface area contributed by atoms with Gasteiger partial charge in [0.2, 0.25) is 5.82 Å². The normalized spacial score (nSPS) is 13.2. The molecule has 0 bridgehead atoms. The molecule has 1 aromatic carbocycles. The summed E-state index contributed by atoms with van der Waals surface area (Å²) in [5, 5.41) is 7.56. The van der Waals surface area contributed by atoms with Crippen LogP contribution in [0.5, 0.6) is 5.75 Å². The van der Waals surface area contributed by atoms with Gasteiger partial charge in [-0.3, -0.25) is 14.5 Å². The summed E-state index contributed by atoms with van der Waals surface area (Å²) >= 11 is 1.52. The SMILES string of the molecule is O=C(CN1C(=O)COc2ccccc21)OCc1noc(-c2ccsc2)n1. The van der Waals surface area contributed by atoms with Crippen molar-refractivity contribution in [1.82, 2.24) is 10.1 Å². The first kappa shape index (κ1) is 16.3. The minimum atomic E-state index is -0.572. The van der Waals surface area contributed by atoms with Crippen molar-refractivity contribution in [3.8, 4) is 17.2 Å². The molecule has 0 atom stereocenters. The molecule has 3 heterocycles. The van der Waals surface area contributed by atoms with E-state index in [0.717, 1.165) is 5.56 Å². The lowest BCUT2D eigenvalue weighted by atomic mass is 10.2. The summed E-state index contributed by atoms with van der Waals surface area (Å²) in [6.45, 7) is -0.458. The molecule has 1 aliphatic rings. The number of ether oxygens (including phenoxy) is 2. The molecule has 9 heteroatoms. The van der Waals surface area contributed by atoms with Gasteiger partial charge in [-0.2, -0.15) is 16.3 Å². The van der Waals surface area contributed by atoms with Crippen LogP contribution in [0.2, 0.25) is 0 Å². The molecular formula is C17H13N3O5S. The monoisotopic (exact) mass is 371 g/mol. The van der Waals surface area contributed by atoms with Gasteiger partial charge in [0.15, 0.2) is 13.2 Å². The van der Waals surface area contributed by atoms with Gasteiger partial charge in [0, 0.05) is 5.38 Å². The second-order valence-corrected chi connectivity index (χ2v) is 6.20. The fourth-order valence-corrected chi connectivity index (χ4v) is 3.09. The van der Waals surface area contributed by atoms with Gasteiger partial charge >= 0.3 is 5.97 Å². The Morgan fingerprint density at radius 3 is 3.04 bits per heavy atom. The first-order valence-electron chi connectivity index (χ1n) is 7.73. The van der Waals surface area contributed by atoms with Crippen LogP contribution in [0.3, 0.4) is 0 Å². The van der Waals surface area contributed by atoms with Crippen LogP contribution in [-0.4, -0.2) is 35.2 Å². The van der Waals surface area contributed by atoms with Crippen molar-refractivity contribution in [1.29, 1.82) is 0 Å². The van der Waals surface area contributed by atoms with Crippen LogP contribution >= 0.6 is 11.3 Å². The number of hydrogen-bond acceptors (Lipinski definition) is 8. The molecular weight excluding hydrogens is 358 g/mol. The summed E-state index contributed by atoms with van der Waals surface area (Å²) < 4.78 is 15.6. The molecule has 8 nitrogen and oxygen atoms in total. The van der Waals surface area contributed by atoms with E-state index in [1.807, 2.05) is 16.8 Å². The van der Waals surface area contributed by atoms with Gasteiger partial charge in [-0.05, 0) is 23.6 Å². The summed E-state index contributed by atoms with van der Waals surface area (Å²) in [7, 11) is 0. The average Bonchev–Trinajstić information content (AvgIpc) is 3.34. The average molecular weight is 371 g/mol. The highest BCUT2D eigenvalue weighted by molar-refractivity contribution is 7.08. The van der Waals surface area contributed by atoms with E-state index in [4.69, 9.17) is 14.0 Å². The van der Waals surface area contributed by atoms with E-state index < -0.39 is 5.97 Å². The number of thiophene rings is 1. The van der Waals surface area contributed by atoms with Gasteiger partial charge in [-0.15, -0.1) is 0 Å². The Hall–Kier alpha value is -3.20. The molecule has 132 valence electrons. The molecule has 0 fully saturated rings. The topological polar surface area (TPSA) is 94.8 Å². The van der Waals surface area contributed by atoms with Crippen LogP contribution in [0, 0.1) is 0 Å². The summed E-state index contributed by atoms with van der Waals surface area (Å²) in [5.74, 6) is 0.304. The molecule has 0 spiro atoms. The lowest BCUT2D eigenvalue weighted by Gasteiger charge is -2.28. The van der Waals surface area contributed by atoms with Gasteiger partial charge in [0.25, 0.3) is 11.8 Å². The maximum absolute atomic E-state index is 12.1. The van der Waals surface area contributed by atoms with Crippen LogP contribution in [-0.2, 0) is 20.9 Å². The van der Waals surface area contributed by atoms with E-state index in [1.54, 1.807) is 24.3 Å². The predicted molar refractivity (Wildman–Crippen MR) is 91.7 cm³/mol. The molecule has 0 aliphatic carbocycles. The summed E-state index contributed by atoms with van der Waals surface area (Å²) in [4.78, 5) is 29.7. The Kier molecular flexibility index (Phi) is 4.36. The Morgan fingerprint density at radius 2 is 2.19 bits per heavy atom. The summed E-state index contributed by atoms with van der Waals surface area (Å²) in [6, 6.07) is 8.88. The van der Waals surface area contributed by atoms with Crippen molar-refractivity contribution in [3.05, 3.63) is 46.9 Å². The maximum atomic E-state index is 12.1. The molecule has 0 saturated carbocycles. The number of esters is 1. The van der Waals surface area contributed by atoms with E-state index in [9.17, 15) is 9.59 Å². The number of para-hydroxylation sites is 2. The maximum Gasteiger partial charge on any atom is 0.326 e. The van der Waals surface area contributed by atoms with E-state index in [1.165, 1.54) is 16.2 Å². The van der Waals surface area contributed by atoms with Gasteiger partial charge < -0.3 is 14.0 Å². The van der Waals surface area contributed by atoms with Crippen molar-refractivity contribution >= 4 is 28.9 Å². The Morgan fingerprint density at radius 1 is 1.31 bits per heavy atom. The zero-order valence-corrected chi connectivity index (χ0v) is 14.3. The highest BCUT2D eigenvalue weighted by Gasteiger charge is 2.27. The lowest BCUT2D eigenvalue weighted by Crippen LogP contribution is -2.42. The van der Waals surface area contributed by atoms with E-state index in [-0.39, 0.29) is 31.5 Å². The van der Waals surface area contributed by atoms with E-state index in [0.29, 0.717) is 17.3 Å². The Bertz CT molecular complexity index is 938. The van der Waals surface area contributed by atoms with Crippen molar-refractivity contribution in [2.45, 2.75) is 6.61 Å². The van der Waals surface area contributed by atoms with Crippen molar-refractivity contribution < 1.29 is 23.6 Å². The van der Waals surface area contributed by atoms with Crippen LogP contribution in [0.25, 0.3) is 11.5 Å². The fraction of sp³-hybridized carbons (Fsp3) is 0.176. The largest absolute Gasteiger partial charge is 0.482 e. The lowest BCUT2D eigenvalue weighted by molar-refractivity contribution is -0.144. The predicted octanol–water partition coefficient (Wildman–Crippen LogP) is 2.27. The quantitative estimate of drug-likeness (QED) is 0.635. The standard InChI is InChI=1S/C17H13N3O5S/c21-15-9-23-13-4-2-1-3-12(13)20(15)7-16(22)24-8-14-18-17(25-19-14)11-5-6-26-10-11/h1-6,10H,7-9H2. The van der Waals surface area contributed by atoms with Gasteiger partial charge in [0.05, 0.1) is 11.3 Å². The fourth-order valence-electron chi connectivity index (χ4n) is 2.46. The molecule has 0 unspecified atom stereocenters. The smallest absolute Gasteiger partial charge is 0.326 e. The zero-order valence-electron chi connectivity index (χ0n) is 13.5. The first-order valence-corrected chi connectivity index (χ1v) is 8.68. The number of carbonyl (C=O) groups is 2. The molecule has 0 N–H and O–H groups in total. The molecule has 1 amide bonds. The number of amides is 1.